The van der Waals surface area contributed by atoms with Gasteiger partial charge < -0.3 is 9.88 Å². The van der Waals surface area contributed by atoms with Crippen molar-refractivity contribution in [2.24, 2.45) is 5.92 Å². The molecule has 0 aliphatic carbocycles. The Morgan fingerprint density at radius 2 is 2.00 bits per heavy atom. The maximum atomic E-state index is 13.1. The minimum absolute atomic E-state index is 0.0784. The number of benzene rings is 1. The lowest BCUT2D eigenvalue weighted by Gasteiger charge is -2.12. The van der Waals surface area contributed by atoms with Crippen LogP contribution in [-0.2, 0) is 6.54 Å². The summed E-state index contributed by atoms with van der Waals surface area (Å²) in [4.78, 5) is 12.6. The third kappa shape index (κ3) is 3.70. The molecular formula is C18H18BrFN2OS. The summed E-state index contributed by atoms with van der Waals surface area (Å²) in [5.74, 6) is 0.0552. The summed E-state index contributed by atoms with van der Waals surface area (Å²) in [5, 5.41) is 2.97. The number of amides is 1. The second-order valence-electron chi connectivity index (χ2n) is 6.15. The fourth-order valence-corrected chi connectivity index (χ4v) is 4.09. The van der Waals surface area contributed by atoms with Crippen LogP contribution in [0.2, 0.25) is 0 Å². The SMILES string of the molecule is CC(C)CNC(=O)c1cc2sc(Br)cc2n1Cc1ccc(F)cc1. The average Bonchev–Trinajstić information content (AvgIpc) is 3.04. The molecule has 1 aromatic carbocycles. The molecule has 0 saturated heterocycles. The molecule has 1 amide bonds. The van der Waals surface area contributed by atoms with E-state index in [0.29, 0.717) is 24.7 Å². The highest BCUT2D eigenvalue weighted by Gasteiger charge is 2.18. The van der Waals surface area contributed by atoms with E-state index < -0.39 is 0 Å². The van der Waals surface area contributed by atoms with Crippen molar-refractivity contribution in [3.8, 4) is 0 Å². The van der Waals surface area contributed by atoms with Gasteiger partial charge in [-0.15, -0.1) is 11.3 Å². The summed E-state index contributed by atoms with van der Waals surface area (Å²) in [5.41, 5.74) is 2.59. The van der Waals surface area contributed by atoms with Crippen LogP contribution in [-0.4, -0.2) is 17.0 Å². The van der Waals surface area contributed by atoms with Gasteiger partial charge >= 0.3 is 0 Å². The molecule has 1 N–H and O–H groups in total. The molecule has 3 aromatic rings. The highest BCUT2D eigenvalue weighted by Crippen LogP contribution is 2.33. The topological polar surface area (TPSA) is 34.0 Å². The molecule has 126 valence electrons. The van der Waals surface area contributed by atoms with E-state index in [1.807, 2.05) is 16.7 Å². The largest absolute Gasteiger partial charge is 0.351 e. The summed E-state index contributed by atoms with van der Waals surface area (Å²) < 4.78 is 17.2. The number of fused-ring (bicyclic) bond motifs is 1. The monoisotopic (exact) mass is 408 g/mol. The van der Waals surface area contributed by atoms with Crippen LogP contribution in [0, 0.1) is 11.7 Å². The number of thiophene rings is 1. The lowest BCUT2D eigenvalue weighted by Crippen LogP contribution is -2.29. The van der Waals surface area contributed by atoms with E-state index in [2.05, 4.69) is 35.1 Å². The lowest BCUT2D eigenvalue weighted by atomic mass is 10.2. The van der Waals surface area contributed by atoms with Gasteiger partial charge in [0.25, 0.3) is 5.91 Å². The Morgan fingerprint density at radius 3 is 2.67 bits per heavy atom. The Morgan fingerprint density at radius 1 is 1.29 bits per heavy atom. The van der Waals surface area contributed by atoms with Crippen molar-refractivity contribution in [3.63, 3.8) is 0 Å². The van der Waals surface area contributed by atoms with Gasteiger partial charge in [0.1, 0.15) is 11.5 Å². The molecule has 3 nitrogen and oxygen atoms in total. The second-order valence-corrected chi connectivity index (χ2v) is 8.61. The van der Waals surface area contributed by atoms with Crippen molar-refractivity contribution in [2.45, 2.75) is 20.4 Å². The number of aromatic nitrogens is 1. The molecule has 0 unspecified atom stereocenters. The predicted molar refractivity (Wildman–Crippen MR) is 100 cm³/mol. The number of rotatable bonds is 5. The molecule has 24 heavy (non-hydrogen) atoms. The Kier molecular flexibility index (Phi) is 5.06. The van der Waals surface area contributed by atoms with Crippen molar-refractivity contribution < 1.29 is 9.18 Å². The molecule has 3 rings (SSSR count). The molecule has 6 heteroatoms. The summed E-state index contributed by atoms with van der Waals surface area (Å²) in [6, 6.07) is 10.3. The second kappa shape index (κ2) is 7.07. The zero-order valence-corrected chi connectivity index (χ0v) is 15.9. The van der Waals surface area contributed by atoms with Crippen LogP contribution in [0.1, 0.15) is 29.9 Å². The minimum atomic E-state index is -0.260. The quantitative estimate of drug-likeness (QED) is 0.630. The molecule has 2 heterocycles. The van der Waals surface area contributed by atoms with Crippen molar-refractivity contribution in [1.82, 2.24) is 9.88 Å². The van der Waals surface area contributed by atoms with E-state index in [-0.39, 0.29) is 11.7 Å². The van der Waals surface area contributed by atoms with E-state index >= 15 is 0 Å². The average molecular weight is 409 g/mol. The Hall–Kier alpha value is -1.66. The summed E-state index contributed by atoms with van der Waals surface area (Å²) >= 11 is 5.10. The molecular weight excluding hydrogens is 391 g/mol. The van der Waals surface area contributed by atoms with Gasteiger partial charge in [-0.2, -0.15) is 0 Å². The first kappa shape index (κ1) is 17.2. The summed E-state index contributed by atoms with van der Waals surface area (Å²) in [7, 11) is 0. The Balaban J connectivity index is 1.97. The van der Waals surface area contributed by atoms with Crippen LogP contribution in [0.4, 0.5) is 4.39 Å². The third-order valence-electron chi connectivity index (χ3n) is 3.72. The molecule has 0 aliphatic rings. The highest BCUT2D eigenvalue weighted by atomic mass is 79.9. The first-order valence-corrected chi connectivity index (χ1v) is 9.36. The number of hydrogen-bond acceptors (Lipinski definition) is 2. The van der Waals surface area contributed by atoms with E-state index in [0.717, 1.165) is 19.6 Å². The molecule has 0 spiro atoms. The molecule has 0 bridgehead atoms. The van der Waals surface area contributed by atoms with Gasteiger partial charge in [-0.1, -0.05) is 26.0 Å². The number of nitrogens with zero attached hydrogens (tertiary/aromatic N) is 1. The number of nitrogens with one attached hydrogen (secondary N) is 1. The Bertz CT molecular complexity index is 867. The first-order chi connectivity index (χ1) is 11.4. The maximum Gasteiger partial charge on any atom is 0.267 e. The molecule has 0 aliphatic heterocycles. The zero-order chi connectivity index (χ0) is 17.3. The van der Waals surface area contributed by atoms with Crippen LogP contribution in [0.25, 0.3) is 10.2 Å². The minimum Gasteiger partial charge on any atom is -0.351 e. The maximum absolute atomic E-state index is 13.1. The van der Waals surface area contributed by atoms with Crippen LogP contribution in [0.3, 0.4) is 0 Å². The lowest BCUT2D eigenvalue weighted by molar-refractivity contribution is 0.0940. The fourth-order valence-electron chi connectivity index (χ4n) is 2.53. The molecule has 0 atom stereocenters. The molecule has 0 saturated carbocycles. The van der Waals surface area contributed by atoms with Crippen molar-refractivity contribution >= 4 is 43.4 Å². The van der Waals surface area contributed by atoms with Gasteiger partial charge in [0.15, 0.2) is 0 Å². The van der Waals surface area contributed by atoms with Crippen molar-refractivity contribution in [2.75, 3.05) is 6.54 Å². The molecule has 2 aromatic heterocycles. The third-order valence-corrected chi connectivity index (χ3v) is 5.29. The number of carbonyl (C=O) groups excluding carboxylic acids is 1. The number of hydrogen-bond donors (Lipinski definition) is 1. The van der Waals surface area contributed by atoms with Crippen LogP contribution >= 0.6 is 27.3 Å². The highest BCUT2D eigenvalue weighted by molar-refractivity contribution is 9.11. The molecule has 0 radical (unpaired) electrons. The smallest absolute Gasteiger partial charge is 0.267 e. The fraction of sp³-hybridized carbons (Fsp3) is 0.278. The van der Waals surface area contributed by atoms with Crippen LogP contribution < -0.4 is 5.32 Å². The Labute approximate surface area is 152 Å². The first-order valence-electron chi connectivity index (χ1n) is 7.75. The van der Waals surface area contributed by atoms with Gasteiger partial charge in [0, 0.05) is 13.1 Å². The van der Waals surface area contributed by atoms with Crippen LogP contribution in [0.5, 0.6) is 0 Å². The zero-order valence-electron chi connectivity index (χ0n) is 13.5. The normalized spacial score (nSPS) is 11.4. The van der Waals surface area contributed by atoms with E-state index in [4.69, 9.17) is 0 Å². The van der Waals surface area contributed by atoms with Gasteiger partial charge in [-0.05, 0) is 51.7 Å². The summed E-state index contributed by atoms with van der Waals surface area (Å²) in [6.45, 7) is 5.29. The van der Waals surface area contributed by atoms with E-state index in [1.165, 1.54) is 12.1 Å². The standard InChI is InChI=1S/C18H18BrFN2OS/c1-11(2)9-21-18(23)15-7-16-14(8-17(19)24-16)22(15)10-12-3-5-13(20)6-4-12/h3-8,11H,9-10H2,1-2H3,(H,21,23). The number of halogens is 2. The van der Waals surface area contributed by atoms with Gasteiger partial charge in [-0.25, -0.2) is 4.39 Å². The van der Waals surface area contributed by atoms with E-state index in [1.54, 1.807) is 23.5 Å². The van der Waals surface area contributed by atoms with Gasteiger partial charge in [0.05, 0.1) is 14.0 Å². The number of carbonyl (C=O) groups is 1. The van der Waals surface area contributed by atoms with E-state index in [9.17, 15) is 9.18 Å². The van der Waals surface area contributed by atoms with Crippen LogP contribution in [0.15, 0.2) is 40.2 Å². The molecule has 0 fully saturated rings. The summed E-state index contributed by atoms with van der Waals surface area (Å²) in [6.07, 6.45) is 0. The van der Waals surface area contributed by atoms with Gasteiger partial charge in [-0.3, -0.25) is 4.79 Å². The van der Waals surface area contributed by atoms with Gasteiger partial charge in [0.2, 0.25) is 0 Å². The van der Waals surface area contributed by atoms with Crippen molar-refractivity contribution in [3.05, 3.63) is 57.3 Å². The predicted octanol–water partition coefficient (Wildman–Crippen LogP) is 5.04. The van der Waals surface area contributed by atoms with Crippen molar-refractivity contribution in [1.29, 1.82) is 0 Å².